The van der Waals surface area contributed by atoms with Crippen LogP contribution >= 0.6 is 0 Å². The van der Waals surface area contributed by atoms with Gasteiger partial charge in [0.2, 0.25) is 5.91 Å². The molecule has 5 heteroatoms. The van der Waals surface area contributed by atoms with E-state index in [1.165, 1.54) is 12.5 Å². The summed E-state index contributed by atoms with van der Waals surface area (Å²) in [6.45, 7) is 5.75. The first-order valence-corrected chi connectivity index (χ1v) is 7.07. The van der Waals surface area contributed by atoms with Crippen molar-refractivity contribution in [3.05, 3.63) is 29.5 Å². The molecule has 0 radical (unpaired) electrons. The molecule has 3 rings (SSSR count). The third-order valence-corrected chi connectivity index (χ3v) is 4.06. The van der Waals surface area contributed by atoms with Gasteiger partial charge in [-0.15, -0.1) is 0 Å². The van der Waals surface area contributed by atoms with E-state index < -0.39 is 0 Å². The van der Waals surface area contributed by atoms with E-state index in [1.54, 1.807) is 13.0 Å². The van der Waals surface area contributed by atoms with Gasteiger partial charge in [0.25, 0.3) is 0 Å². The Morgan fingerprint density at radius 2 is 2.10 bits per heavy atom. The van der Waals surface area contributed by atoms with Gasteiger partial charge in [-0.1, -0.05) is 0 Å². The van der Waals surface area contributed by atoms with E-state index in [0.29, 0.717) is 5.75 Å². The van der Waals surface area contributed by atoms with Crippen molar-refractivity contribution >= 4 is 22.8 Å². The summed E-state index contributed by atoms with van der Waals surface area (Å²) in [5.41, 5.74) is 3.27. The Kier molecular flexibility index (Phi) is 3.20. The normalized spacial score (nSPS) is 17.7. The minimum Gasteiger partial charge on any atom is -0.427 e. The summed E-state index contributed by atoms with van der Waals surface area (Å²) in [5, 5.41) is 1.14. The fourth-order valence-corrected chi connectivity index (χ4v) is 3.12. The highest BCUT2D eigenvalue weighted by atomic mass is 16.5. The zero-order valence-corrected chi connectivity index (χ0v) is 12.4. The van der Waals surface area contributed by atoms with Crippen LogP contribution in [0, 0.1) is 0 Å². The molecule has 1 atom stereocenters. The van der Waals surface area contributed by atoms with E-state index in [1.807, 2.05) is 24.0 Å². The molecule has 21 heavy (non-hydrogen) atoms. The smallest absolute Gasteiger partial charge is 0.308 e. The molecule has 0 saturated carbocycles. The van der Waals surface area contributed by atoms with Crippen molar-refractivity contribution in [1.29, 1.82) is 0 Å². The summed E-state index contributed by atoms with van der Waals surface area (Å²) in [4.78, 5) is 27.9. The molecule has 1 N–H and O–H groups in total. The van der Waals surface area contributed by atoms with Crippen LogP contribution in [0.5, 0.6) is 5.75 Å². The molecule has 1 unspecified atom stereocenters. The summed E-state index contributed by atoms with van der Waals surface area (Å²) in [6.07, 6.45) is 0.839. The maximum atomic E-state index is 11.7. The largest absolute Gasteiger partial charge is 0.427 e. The second-order valence-electron chi connectivity index (χ2n) is 5.46. The first-order valence-electron chi connectivity index (χ1n) is 7.07. The fraction of sp³-hybridized carbons (Fsp3) is 0.375. The summed E-state index contributed by atoms with van der Waals surface area (Å²) >= 11 is 0. The lowest BCUT2D eigenvalue weighted by atomic mass is 9.98. The number of carbonyl (C=O) groups excluding carboxylic acids is 2. The molecular formula is C16H18N2O3. The molecule has 0 aliphatic carbocycles. The van der Waals surface area contributed by atoms with E-state index in [0.717, 1.165) is 29.6 Å². The first-order chi connectivity index (χ1) is 9.97. The van der Waals surface area contributed by atoms with Gasteiger partial charge >= 0.3 is 5.97 Å². The number of aromatic amines is 1. The highest BCUT2D eigenvalue weighted by Gasteiger charge is 2.28. The first kappa shape index (κ1) is 13.7. The van der Waals surface area contributed by atoms with Crippen molar-refractivity contribution in [2.24, 2.45) is 0 Å². The SMILES string of the molecule is CC(=O)Oc1ccc2c3c([nH]c2c1)C(C)N(C(C)=O)CC3. The molecule has 2 aromatic rings. The van der Waals surface area contributed by atoms with Gasteiger partial charge in [0.1, 0.15) is 5.75 Å². The number of carbonyl (C=O) groups is 2. The van der Waals surface area contributed by atoms with Crippen LogP contribution < -0.4 is 4.74 Å². The molecule has 0 spiro atoms. The van der Waals surface area contributed by atoms with Crippen molar-refractivity contribution in [1.82, 2.24) is 9.88 Å². The van der Waals surface area contributed by atoms with Crippen molar-refractivity contribution in [2.75, 3.05) is 6.54 Å². The van der Waals surface area contributed by atoms with E-state index >= 15 is 0 Å². The van der Waals surface area contributed by atoms with Crippen LogP contribution in [0.2, 0.25) is 0 Å². The number of H-pyrrole nitrogens is 1. The Labute approximate surface area is 122 Å². The number of hydrogen-bond acceptors (Lipinski definition) is 3. The third-order valence-electron chi connectivity index (χ3n) is 4.06. The summed E-state index contributed by atoms with van der Waals surface area (Å²) in [7, 11) is 0. The number of fused-ring (bicyclic) bond motifs is 3. The van der Waals surface area contributed by atoms with Crippen LogP contribution in [0.4, 0.5) is 0 Å². The number of amides is 1. The van der Waals surface area contributed by atoms with Crippen LogP contribution in [0.25, 0.3) is 10.9 Å². The Morgan fingerprint density at radius 3 is 2.76 bits per heavy atom. The van der Waals surface area contributed by atoms with Crippen LogP contribution in [0.3, 0.4) is 0 Å². The lowest BCUT2D eigenvalue weighted by Crippen LogP contribution is -2.37. The van der Waals surface area contributed by atoms with Gasteiger partial charge in [0.05, 0.1) is 6.04 Å². The van der Waals surface area contributed by atoms with Crippen LogP contribution in [-0.2, 0) is 16.0 Å². The zero-order chi connectivity index (χ0) is 15.1. The van der Waals surface area contributed by atoms with Crippen molar-refractivity contribution in [2.45, 2.75) is 33.2 Å². The summed E-state index contributed by atoms with van der Waals surface area (Å²) in [6, 6.07) is 5.65. The number of aromatic nitrogens is 1. The molecule has 0 fully saturated rings. The molecular weight excluding hydrogens is 268 g/mol. The van der Waals surface area contributed by atoms with Crippen molar-refractivity contribution < 1.29 is 14.3 Å². The number of ether oxygens (including phenoxy) is 1. The molecule has 1 aliphatic heterocycles. The highest BCUT2D eigenvalue weighted by molar-refractivity contribution is 5.87. The average Bonchev–Trinajstić information content (AvgIpc) is 2.76. The number of esters is 1. The number of benzene rings is 1. The fourth-order valence-electron chi connectivity index (χ4n) is 3.12. The van der Waals surface area contributed by atoms with Gasteiger partial charge in [-0.05, 0) is 31.0 Å². The topological polar surface area (TPSA) is 62.4 Å². The summed E-state index contributed by atoms with van der Waals surface area (Å²) < 4.78 is 5.12. The molecule has 1 amide bonds. The van der Waals surface area contributed by atoms with Crippen LogP contribution in [-0.4, -0.2) is 28.3 Å². The van der Waals surface area contributed by atoms with Crippen molar-refractivity contribution in [3.63, 3.8) is 0 Å². The number of hydrogen-bond donors (Lipinski definition) is 1. The van der Waals surface area contributed by atoms with Gasteiger partial charge in [-0.3, -0.25) is 9.59 Å². The second kappa shape index (κ2) is 4.91. The van der Waals surface area contributed by atoms with Crippen LogP contribution in [0.15, 0.2) is 18.2 Å². The highest BCUT2D eigenvalue weighted by Crippen LogP contribution is 2.35. The van der Waals surface area contributed by atoms with Gasteiger partial charge < -0.3 is 14.6 Å². The monoisotopic (exact) mass is 286 g/mol. The van der Waals surface area contributed by atoms with E-state index in [2.05, 4.69) is 4.98 Å². The van der Waals surface area contributed by atoms with Gasteiger partial charge in [0.15, 0.2) is 0 Å². The van der Waals surface area contributed by atoms with E-state index in [-0.39, 0.29) is 17.9 Å². The lowest BCUT2D eigenvalue weighted by molar-refractivity contribution is -0.132. The molecule has 0 bridgehead atoms. The number of nitrogens with one attached hydrogen (secondary N) is 1. The Balaban J connectivity index is 2.05. The number of rotatable bonds is 1. The van der Waals surface area contributed by atoms with Gasteiger partial charge in [-0.2, -0.15) is 0 Å². The van der Waals surface area contributed by atoms with Gasteiger partial charge in [-0.25, -0.2) is 0 Å². The van der Waals surface area contributed by atoms with Crippen molar-refractivity contribution in [3.8, 4) is 5.75 Å². The standard InChI is InChI=1S/C16H18N2O3/c1-9-16-14(6-7-18(9)10(2)19)13-5-4-12(21-11(3)20)8-15(13)17-16/h4-5,8-9,17H,6-7H2,1-3H3. The van der Waals surface area contributed by atoms with Gasteiger partial charge in [0, 0.05) is 43.1 Å². The predicted octanol–water partition coefficient (Wildman–Crippen LogP) is 2.56. The Hall–Kier alpha value is -2.30. The third kappa shape index (κ3) is 2.28. The molecule has 1 aliphatic rings. The predicted molar refractivity (Wildman–Crippen MR) is 79.1 cm³/mol. The van der Waals surface area contributed by atoms with Crippen LogP contribution in [0.1, 0.15) is 38.1 Å². The summed E-state index contributed by atoms with van der Waals surface area (Å²) in [5.74, 6) is 0.291. The van der Waals surface area contributed by atoms with E-state index in [9.17, 15) is 9.59 Å². The molecule has 110 valence electrons. The lowest BCUT2D eigenvalue weighted by Gasteiger charge is -2.32. The molecule has 5 nitrogen and oxygen atoms in total. The minimum atomic E-state index is -0.332. The number of nitrogens with zero attached hydrogens (tertiary/aromatic N) is 1. The molecule has 2 heterocycles. The second-order valence-corrected chi connectivity index (χ2v) is 5.46. The zero-order valence-electron chi connectivity index (χ0n) is 12.4. The quantitative estimate of drug-likeness (QED) is 0.647. The molecule has 1 aromatic heterocycles. The maximum Gasteiger partial charge on any atom is 0.308 e. The molecule has 1 aromatic carbocycles. The Bertz CT molecular complexity index is 732. The maximum absolute atomic E-state index is 11.7. The Morgan fingerprint density at radius 1 is 1.33 bits per heavy atom. The molecule has 0 saturated heterocycles. The average molecular weight is 286 g/mol. The van der Waals surface area contributed by atoms with E-state index in [4.69, 9.17) is 4.74 Å². The minimum absolute atomic E-state index is 0.0378.